The van der Waals surface area contributed by atoms with Gasteiger partial charge in [0.05, 0.1) is 0 Å². The summed E-state index contributed by atoms with van der Waals surface area (Å²) >= 11 is 0. The van der Waals surface area contributed by atoms with E-state index in [4.69, 9.17) is 0 Å². The molecule has 2 aliphatic rings. The third-order valence-corrected chi connectivity index (χ3v) is 4.74. The van der Waals surface area contributed by atoms with Crippen LogP contribution in [0.3, 0.4) is 0 Å². The molecule has 1 aliphatic carbocycles. The molecule has 3 heteroatoms. The quantitative estimate of drug-likeness (QED) is 0.912. The summed E-state index contributed by atoms with van der Waals surface area (Å²) in [4.78, 5) is 13.7. The lowest BCUT2D eigenvalue weighted by Gasteiger charge is -2.20. The zero-order valence-electron chi connectivity index (χ0n) is 12.4. The molecule has 108 valence electrons. The number of anilines is 1. The topological polar surface area (TPSA) is 32.3 Å². The fraction of sp³-hybridized carbons (Fsp3) is 0.588. The van der Waals surface area contributed by atoms with Crippen LogP contribution in [0.15, 0.2) is 24.3 Å². The number of rotatable bonds is 4. The molecule has 1 aromatic rings. The summed E-state index contributed by atoms with van der Waals surface area (Å²) in [7, 11) is 0. The predicted molar refractivity (Wildman–Crippen MR) is 81.9 cm³/mol. The number of carbonyl (C=O) groups excluding carboxylic acids is 1. The largest absolute Gasteiger partial charge is 0.326 e. The van der Waals surface area contributed by atoms with E-state index in [0.29, 0.717) is 0 Å². The molecule has 1 N–H and O–H groups in total. The van der Waals surface area contributed by atoms with Gasteiger partial charge in [-0.05, 0) is 62.3 Å². The first-order valence-electron chi connectivity index (χ1n) is 7.75. The van der Waals surface area contributed by atoms with Crippen molar-refractivity contribution >= 4 is 11.6 Å². The van der Waals surface area contributed by atoms with Gasteiger partial charge in [0.2, 0.25) is 5.91 Å². The molecule has 0 aromatic heterocycles. The van der Waals surface area contributed by atoms with Crippen molar-refractivity contribution in [2.45, 2.75) is 45.1 Å². The molecule has 0 radical (unpaired) electrons. The minimum absolute atomic E-state index is 0.00919. The summed E-state index contributed by atoms with van der Waals surface area (Å²) in [6.07, 6.45) is 4.05. The van der Waals surface area contributed by atoms with Gasteiger partial charge in [0.15, 0.2) is 0 Å². The van der Waals surface area contributed by atoms with Crippen LogP contribution in [-0.2, 0) is 4.79 Å². The highest BCUT2D eigenvalue weighted by Crippen LogP contribution is 2.48. The van der Waals surface area contributed by atoms with Gasteiger partial charge in [0.1, 0.15) is 0 Å². The molecule has 1 heterocycles. The lowest BCUT2D eigenvalue weighted by molar-refractivity contribution is -0.114. The number of nitrogens with zero attached hydrogens (tertiary/aromatic N) is 1. The first-order valence-corrected chi connectivity index (χ1v) is 7.75. The maximum Gasteiger partial charge on any atom is 0.221 e. The molecule has 3 rings (SSSR count). The van der Waals surface area contributed by atoms with Gasteiger partial charge in [0.25, 0.3) is 0 Å². The lowest BCUT2D eigenvalue weighted by Crippen LogP contribution is -2.29. The fourth-order valence-electron chi connectivity index (χ4n) is 3.44. The minimum atomic E-state index is -0.00919. The molecule has 3 nitrogen and oxygen atoms in total. The van der Waals surface area contributed by atoms with Gasteiger partial charge in [-0.25, -0.2) is 0 Å². The van der Waals surface area contributed by atoms with Crippen molar-refractivity contribution in [3.63, 3.8) is 0 Å². The molecule has 1 aromatic carbocycles. The highest BCUT2D eigenvalue weighted by molar-refractivity contribution is 5.88. The van der Waals surface area contributed by atoms with Crippen LogP contribution in [0.4, 0.5) is 5.69 Å². The summed E-state index contributed by atoms with van der Waals surface area (Å²) in [6.45, 7) is 6.44. The van der Waals surface area contributed by atoms with Gasteiger partial charge in [0, 0.05) is 25.2 Å². The van der Waals surface area contributed by atoms with Crippen molar-refractivity contribution in [2.24, 2.45) is 5.92 Å². The van der Waals surface area contributed by atoms with Crippen LogP contribution >= 0.6 is 0 Å². The molecule has 0 bridgehead atoms. The second kappa shape index (κ2) is 5.57. The molecule has 0 spiro atoms. The second-order valence-corrected chi connectivity index (χ2v) is 6.39. The van der Waals surface area contributed by atoms with Gasteiger partial charge in [-0.2, -0.15) is 0 Å². The van der Waals surface area contributed by atoms with Gasteiger partial charge < -0.3 is 10.2 Å². The normalized spacial score (nSPS) is 29.4. The van der Waals surface area contributed by atoms with Crippen LogP contribution in [-0.4, -0.2) is 29.9 Å². The number of benzene rings is 1. The molecule has 1 amide bonds. The maximum absolute atomic E-state index is 11.0. The monoisotopic (exact) mass is 272 g/mol. The Balaban J connectivity index is 1.54. The number of hydrogen-bond donors (Lipinski definition) is 1. The van der Waals surface area contributed by atoms with Crippen molar-refractivity contribution in [3.8, 4) is 0 Å². The smallest absolute Gasteiger partial charge is 0.221 e. The summed E-state index contributed by atoms with van der Waals surface area (Å²) < 4.78 is 0. The minimum Gasteiger partial charge on any atom is -0.326 e. The van der Waals surface area contributed by atoms with E-state index in [2.05, 4.69) is 29.3 Å². The van der Waals surface area contributed by atoms with E-state index >= 15 is 0 Å². The third-order valence-electron chi connectivity index (χ3n) is 4.74. The predicted octanol–water partition coefficient (Wildman–Crippen LogP) is 3.23. The van der Waals surface area contributed by atoms with E-state index in [1.807, 2.05) is 12.1 Å². The van der Waals surface area contributed by atoms with Crippen LogP contribution in [0.2, 0.25) is 0 Å². The number of nitrogens with one attached hydrogen (secondary N) is 1. The van der Waals surface area contributed by atoms with Crippen LogP contribution in [0.25, 0.3) is 0 Å². The fourth-order valence-corrected chi connectivity index (χ4v) is 3.44. The van der Waals surface area contributed by atoms with Crippen LogP contribution in [0.5, 0.6) is 0 Å². The van der Waals surface area contributed by atoms with Gasteiger partial charge in [-0.1, -0.05) is 12.1 Å². The Morgan fingerprint density at radius 2 is 2.10 bits per heavy atom. The first-order chi connectivity index (χ1) is 9.63. The summed E-state index contributed by atoms with van der Waals surface area (Å²) in [5, 5.41) is 2.82. The molecule has 0 unspecified atom stereocenters. The first kappa shape index (κ1) is 13.6. The SMILES string of the molecule is CC(=O)Nc1ccc([C@H]2C[C@@H]2CN2CCC[C@@H]2C)cc1. The van der Waals surface area contributed by atoms with Crippen LogP contribution in [0.1, 0.15) is 44.6 Å². The van der Waals surface area contributed by atoms with E-state index in [9.17, 15) is 4.79 Å². The molecule has 3 atom stereocenters. The van der Waals surface area contributed by atoms with Crippen molar-refractivity contribution in [2.75, 3.05) is 18.4 Å². The average Bonchev–Trinajstić information content (AvgIpc) is 3.05. The summed E-state index contributed by atoms with van der Waals surface area (Å²) in [5.41, 5.74) is 2.32. The maximum atomic E-state index is 11.0. The second-order valence-electron chi connectivity index (χ2n) is 6.39. The molecule has 2 fully saturated rings. The Labute approximate surface area is 121 Å². The van der Waals surface area contributed by atoms with E-state index < -0.39 is 0 Å². The third kappa shape index (κ3) is 3.04. The standard InChI is InChI=1S/C17H24N2O/c1-12-4-3-9-19(12)11-15-10-17(15)14-5-7-16(8-6-14)18-13(2)20/h5-8,12,15,17H,3-4,9-11H2,1-2H3,(H,18,20)/t12-,15+,17+/m0/s1. The van der Waals surface area contributed by atoms with Crippen LogP contribution in [0, 0.1) is 5.92 Å². The highest BCUT2D eigenvalue weighted by atomic mass is 16.1. The molecule has 20 heavy (non-hydrogen) atoms. The van der Waals surface area contributed by atoms with Gasteiger partial charge in [-0.15, -0.1) is 0 Å². The number of carbonyl (C=O) groups is 1. The van der Waals surface area contributed by atoms with E-state index in [-0.39, 0.29) is 5.91 Å². The Bertz CT molecular complexity index is 482. The van der Waals surface area contributed by atoms with Crippen molar-refractivity contribution in [1.82, 2.24) is 4.90 Å². The van der Waals surface area contributed by atoms with E-state index in [1.54, 1.807) is 6.92 Å². The number of hydrogen-bond acceptors (Lipinski definition) is 2. The zero-order valence-corrected chi connectivity index (χ0v) is 12.4. The number of likely N-dealkylation sites (tertiary alicyclic amines) is 1. The molecular weight excluding hydrogens is 248 g/mol. The van der Waals surface area contributed by atoms with E-state index in [1.165, 1.54) is 37.9 Å². The van der Waals surface area contributed by atoms with Crippen molar-refractivity contribution in [3.05, 3.63) is 29.8 Å². The Hall–Kier alpha value is -1.35. The van der Waals surface area contributed by atoms with Gasteiger partial charge in [-0.3, -0.25) is 4.79 Å². The Kier molecular flexibility index (Phi) is 3.79. The number of amides is 1. The average molecular weight is 272 g/mol. The van der Waals surface area contributed by atoms with Gasteiger partial charge >= 0.3 is 0 Å². The lowest BCUT2D eigenvalue weighted by atomic mass is 10.1. The Morgan fingerprint density at radius 3 is 2.70 bits per heavy atom. The molecule has 1 saturated carbocycles. The Morgan fingerprint density at radius 1 is 1.35 bits per heavy atom. The van der Waals surface area contributed by atoms with Crippen LogP contribution < -0.4 is 5.32 Å². The molecule has 1 aliphatic heterocycles. The van der Waals surface area contributed by atoms with Crippen molar-refractivity contribution < 1.29 is 4.79 Å². The molecular formula is C17H24N2O. The summed E-state index contributed by atoms with van der Waals surface area (Å²) in [5.74, 6) is 1.56. The van der Waals surface area contributed by atoms with Crippen molar-refractivity contribution in [1.29, 1.82) is 0 Å². The summed E-state index contributed by atoms with van der Waals surface area (Å²) in [6, 6.07) is 9.15. The van der Waals surface area contributed by atoms with E-state index in [0.717, 1.165) is 23.6 Å². The molecule has 1 saturated heterocycles. The zero-order chi connectivity index (χ0) is 14.1. The highest BCUT2D eigenvalue weighted by Gasteiger charge is 2.40.